The molecule has 0 aliphatic carbocycles. The summed E-state index contributed by atoms with van der Waals surface area (Å²) < 4.78 is 0. The summed E-state index contributed by atoms with van der Waals surface area (Å²) in [6.45, 7) is 2.77. The third-order valence-electron chi connectivity index (χ3n) is 5.05. The van der Waals surface area contributed by atoms with Gasteiger partial charge in [0.2, 0.25) is 5.91 Å². The minimum absolute atomic E-state index is 0.0570. The summed E-state index contributed by atoms with van der Waals surface area (Å²) in [5.41, 5.74) is 1.29. The highest BCUT2D eigenvalue weighted by atomic mass is 35.5. The number of hydrogen-bond donors (Lipinski definition) is 1. The molecule has 0 radical (unpaired) electrons. The maximum Gasteiger partial charge on any atom is 0.270 e. The Morgan fingerprint density at radius 3 is 2.46 bits per heavy atom. The fourth-order valence-corrected chi connectivity index (χ4v) is 4.39. The quantitative estimate of drug-likeness (QED) is 0.842. The van der Waals surface area contributed by atoms with Gasteiger partial charge in [-0.15, -0.1) is 0 Å². The molecule has 0 saturated carbocycles. The Hall–Kier alpha value is -1.72. The SMILES string of the molecule is CC(=O)N1C2CCC1CN(C(=O)c1cc3c(Cl)c(Cl)ccc3[nH]1)C2. The molecule has 0 spiro atoms. The number of nitrogens with one attached hydrogen (secondary N) is 1. The van der Waals surface area contributed by atoms with E-state index in [0.29, 0.717) is 28.8 Å². The van der Waals surface area contributed by atoms with Gasteiger partial charge in [-0.25, -0.2) is 0 Å². The van der Waals surface area contributed by atoms with Crippen LogP contribution < -0.4 is 0 Å². The first-order valence-electron chi connectivity index (χ1n) is 8.00. The van der Waals surface area contributed by atoms with Gasteiger partial charge in [0, 0.05) is 43.0 Å². The second-order valence-corrected chi connectivity index (χ2v) is 7.31. The number of halogens is 2. The van der Waals surface area contributed by atoms with Gasteiger partial charge in [0.15, 0.2) is 0 Å². The van der Waals surface area contributed by atoms with Crippen LogP contribution in [-0.2, 0) is 4.79 Å². The maximum absolute atomic E-state index is 12.9. The normalized spacial score (nSPS) is 23.1. The lowest BCUT2D eigenvalue weighted by Gasteiger charge is -2.40. The average molecular weight is 366 g/mol. The van der Waals surface area contributed by atoms with Crippen molar-refractivity contribution < 1.29 is 9.59 Å². The van der Waals surface area contributed by atoms with Crippen LogP contribution in [0.25, 0.3) is 10.9 Å². The van der Waals surface area contributed by atoms with Crippen molar-refractivity contribution in [3.8, 4) is 0 Å². The minimum atomic E-state index is -0.0570. The molecular weight excluding hydrogens is 349 g/mol. The van der Waals surface area contributed by atoms with Gasteiger partial charge < -0.3 is 14.8 Å². The maximum atomic E-state index is 12.9. The van der Waals surface area contributed by atoms with Crippen molar-refractivity contribution in [2.24, 2.45) is 0 Å². The summed E-state index contributed by atoms with van der Waals surface area (Å²) in [7, 11) is 0. The highest BCUT2D eigenvalue weighted by Crippen LogP contribution is 2.33. The molecule has 2 amide bonds. The molecule has 2 aliphatic heterocycles. The number of rotatable bonds is 1. The molecule has 4 rings (SSSR count). The van der Waals surface area contributed by atoms with Crippen LogP contribution in [0.5, 0.6) is 0 Å². The van der Waals surface area contributed by atoms with E-state index >= 15 is 0 Å². The highest BCUT2D eigenvalue weighted by Gasteiger charge is 2.42. The van der Waals surface area contributed by atoms with Gasteiger partial charge in [-0.1, -0.05) is 23.2 Å². The monoisotopic (exact) mass is 365 g/mol. The van der Waals surface area contributed by atoms with Crippen LogP contribution >= 0.6 is 23.2 Å². The van der Waals surface area contributed by atoms with E-state index in [9.17, 15) is 9.59 Å². The van der Waals surface area contributed by atoms with E-state index in [4.69, 9.17) is 23.2 Å². The molecule has 2 fully saturated rings. The molecule has 24 heavy (non-hydrogen) atoms. The standard InChI is InChI=1S/C17H17Cl2N3O2/c1-9(23)22-10-2-3-11(22)8-21(7-10)17(24)15-6-12-14(20-15)5-4-13(18)16(12)19/h4-6,10-11,20H,2-3,7-8H2,1H3. The van der Waals surface area contributed by atoms with E-state index in [0.717, 1.165) is 23.7 Å². The molecule has 126 valence electrons. The number of carbonyl (C=O) groups is 2. The van der Waals surface area contributed by atoms with Crippen molar-refractivity contribution in [2.45, 2.75) is 31.8 Å². The summed E-state index contributed by atoms with van der Waals surface area (Å²) in [6, 6.07) is 5.55. The number of carbonyl (C=O) groups excluding carboxylic acids is 2. The van der Waals surface area contributed by atoms with E-state index < -0.39 is 0 Å². The largest absolute Gasteiger partial charge is 0.350 e. The van der Waals surface area contributed by atoms with Crippen molar-refractivity contribution in [1.29, 1.82) is 0 Å². The topological polar surface area (TPSA) is 56.4 Å². The number of piperazine rings is 1. The van der Waals surface area contributed by atoms with Crippen molar-refractivity contribution in [3.05, 3.63) is 33.9 Å². The second-order valence-electron chi connectivity index (χ2n) is 6.53. The average Bonchev–Trinajstić information content (AvgIpc) is 3.10. The third-order valence-corrected chi connectivity index (χ3v) is 5.87. The summed E-state index contributed by atoms with van der Waals surface area (Å²) in [6.07, 6.45) is 1.92. The molecule has 2 unspecified atom stereocenters. The highest BCUT2D eigenvalue weighted by molar-refractivity contribution is 6.45. The van der Waals surface area contributed by atoms with E-state index in [1.165, 1.54) is 0 Å². The zero-order valence-corrected chi connectivity index (χ0v) is 14.7. The second kappa shape index (κ2) is 5.67. The van der Waals surface area contributed by atoms with Gasteiger partial charge in [-0.2, -0.15) is 0 Å². The fraction of sp³-hybridized carbons (Fsp3) is 0.412. The van der Waals surface area contributed by atoms with Gasteiger partial charge in [0.05, 0.1) is 10.0 Å². The Morgan fingerprint density at radius 2 is 1.83 bits per heavy atom. The summed E-state index contributed by atoms with van der Waals surface area (Å²) in [4.78, 5) is 31.6. The van der Waals surface area contributed by atoms with Crippen LogP contribution in [0.2, 0.25) is 10.0 Å². The van der Waals surface area contributed by atoms with Crippen LogP contribution in [0.1, 0.15) is 30.3 Å². The van der Waals surface area contributed by atoms with E-state index in [1.807, 2.05) is 15.9 Å². The lowest BCUT2D eigenvalue weighted by atomic mass is 10.1. The van der Waals surface area contributed by atoms with E-state index in [1.54, 1.807) is 19.1 Å². The Bertz CT molecular complexity index is 834. The minimum Gasteiger partial charge on any atom is -0.350 e. The Morgan fingerprint density at radius 1 is 1.17 bits per heavy atom. The summed E-state index contributed by atoms with van der Waals surface area (Å²) in [5.74, 6) is 0.0418. The predicted octanol–water partition coefficient (Wildman–Crippen LogP) is 3.31. The number of amides is 2. The van der Waals surface area contributed by atoms with E-state index in [2.05, 4.69) is 4.98 Å². The van der Waals surface area contributed by atoms with Gasteiger partial charge in [-0.05, 0) is 31.0 Å². The molecule has 1 N–H and O–H groups in total. The van der Waals surface area contributed by atoms with Crippen molar-refractivity contribution in [2.75, 3.05) is 13.1 Å². The number of aromatic amines is 1. The molecule has 2 saturated heterocycles. The Balaban J connectivity index is 1.61. The van der Waals surface area contributed by atoms with Crippen molar-refractivity contribution in [1.82, 2.24) is 14.8 Å². The molecular formula is C17H17Cl2N3O2. The molecule has 1 aromatic carbocycles. The van der Waals surface area contributed by atoms with Crippen LogP contribution in [0.4, 0.5) is 0 Å². The molecule has 2 aromatic rings. The molecule has 1 aromatic heterocycles. The molecule has 5 nitrogen and oxygen atoms in total. The lowest BCUT2D eigenvalue weighted by molar-refractivity contribution is -0.134. The van der Waals surface area contributed by atoms with Crippen molar-refractivity contribution >= 4 is 45.9 Å². The number of benzene rings is 1. The predicted molar refractivity (Wildman–Crippen MR) is 93.6 cm³/mol. The van der Waals surface area contributed by atoms with Gasteiger partial charge in [0.1, 0.15) is 5.69 Å². The Labute approximate surface area is 149 Å². The van der Waals surface area contributed by atoms with Gasteiger partial charge in [0.25, 0.3) is 5.91 Å². The zero-order chi connectivity index (χ0) is 17.0. The lowest BCUT2D eigenvalue weighted by Crippen LogP contribution is -2.56. The van der Waals surface area contributed by atoms with Gasteiger partial charge >= 0.3 is 0 Å². The molecule has 7 heteroatoms. The number of hydrogen-bond acceptors (Lipinski definition) is 2. The van der Waals surface area contributed by atoms with Crippen LogP contribution in [-0.4, -0.2) is 51.8 Å². The number of nitrogens with zero attached hydrogens (tertiary/aromatic N) is 2. The number of likely N-dealkylation sites (tertiary alicyclic amines) is 1. The van der Waals surface area contributed by atoms with Crippen molar-refractivity contribution in [3.63, 3.8) is 0 Å². The van der Waals surface area contributed by atoms with Gasteiger partial charge in [-0.3, -0.25) is 9.59 Å². The van der Waals surface area contributed by atoms with Crippen LogP contribution in [0.15, 0.2) is 18.2 Å². The van der Waals surface area contributed by atoms with Crippen LogP contribution in [0.3, 0.4) is 0 Å². The third kappa shape index (κ3) is 2.38. The fourth-order valence-electron chi connectivity index (χ4n) is 4.01. The Kier molecular flexibility index (Phi) is 3.73. The summed E-state index contributed by atoms with van der Waals surface area (Å²) >= 11 is 12.3. The van der Waals surface area contributed by atoms with Crippen LogP contribution in [0, 0.1) is 0 Å². The first-order chi connectivity index (χ1) is 11.5. The molecule has 2 bridgehead atoms. The zero-order valence-electron chi connectivity index (χ0n) is 13.2. The first-order valence-corrected chi connectivity index (χ1v) is 8.76. The molecule has 3 heterocycles. The number of fused-ring (bicyclic) bond motifs is 3. The number of H-pyrrole nitrogens is 1. The molecule has 2 aliphatic rings. The first kappa shape index (κ1) is 15.8. The molecule has 2 atom stereocenters. The van der Waals surface area contributed by atoms with E-state index in [-0.39, 0.29) is 23.9 Å². The summed E-state index contributed by atoms with van der Waals surface area (Å²) in [5, 5.41) is 1.67. The number of aromatic nitrogens is 1. The smallest absolute Gasteiger partial charge is 0.270 e.